The van der Waals surface area contributed by atoms with Gasteiger partial charge < -0.3 is 24.0 Å². The number of rotatable bonds is 8. The molecule has 0 aliphatic carbocycles. The van der Waals surface area contributed by atoms with Gasteiger partial charge in [0.15, 0.2) is 11.5 Å². The molecular formula is C23H32N4O4. The van der Waals surface area contributed by atoms with Crippen molar-refractivity contribution in [1.82, 2.24) is 14.9 Å². The topological polar surface area (TPSA) is 77.0 Å². The molecule has 8 nitrogen and oxygen atoms in total. The molecule has 31 heavy (non-hydrogen) atoms. The molecule has 2 aromatic rings. The zero-order valence-corrected chi connectivity index (χ0v) is 19.1. The van der Waals surface area contributed by atoms with Crippen molar-refractivity contribution in [2.45, 2.75) is 34.6 Å². The van der Waals surface area contributed by atoms with Gasteiger partial charge in [0.1, 0.15) is 11.6 Å². The predicted octanol–water partition coefficient (Wildman–Crippen LogP) is 3.25. The number of ether oxygens (including phenoxy) is 3. The largest absolute Gasteiger partial charge is 0.490 e. The minimum atomic E-state index is -0.0420. The molecule has 0 bridgehead atoms. The molecule has 1 aromatic carbocycles. The summed E-state index contributed by atoms with van der Waals surface area (Å²) in [6, 6.07) is 5.49. The van der Waals surface area contributed by atoms with Gasteiger partial charge in [-0.15, -0.1) is 0 Å². The van der Waals surface area contributed by atoms with Gasteiger partial charge in [-0.25, -0.2) is 9.97 Å². The van der Waals surface area contributed by atoms with Gasteiger partial charge in [-0.1, -0.05) is 0 Å². The van der Waals surface area contributed by atoms with Gasteiger partial charge in [-0.3, -0.25) is 4.79 Å². The van der Waals surface area contributed by atoms with Crippen molar-refractivity contribution in [3.63, 3.8) is 0 Å². The van der Waals surface area contributed by atoms with Crippen LogP contribution in [-0.2, 0) is 0 Å². The van der Waals surface area contributed by atoms with E-state index in [0.717, 1.165) is 30.4 Å². The van der Waals surface area contributed by atoms with Gasteiger partial charge in [0.05, 0.1) is 19.8 Å². The second kappa shape index (κ2) is 10.3. The first-order valence-electron chi connectivity index (χ1n) is 10.9. The number of piperazine rings is 1. The quantitative estimate of drug-likeness (QED) is 0.639. The molecule has 1 aromatic heterocycles. The third-order valence-electron chi connectivity index (χ3n) is 5.00. The minimum absolute atomic E-state index is 0.0420. The van der Waals surface area contributed by atoms with Crippen molar-refractivity contribution in [2.75, 3.05) is 50.9 Å². The summed E-state index contributed by atoms with van der Waals surface area (Å²) in [6.07, 6.45) is 0. The van der Waals surface area contributed by atoms with Gasteiger partial charge in [0.2, 0.25) is 5.75 Å². The Hall–Kier alpha value is -3.03. The smallest absolute Gasteiger partial charge is 0.254 e. The van der Waals surface area contributed by atoms with Crippen molar-refractivity contribution in [3.8, 4) is 17.2 Å². The fourth-order valence-electron chi connectivity index (χ4n) is 3.69. The van der Waals surface area contributed by atoms with Crippen LogP contribution in [0.3, 0.4) is 0 Å². The van der Waals surface area contributed by atoms with E-state index >= 15 is 0 Å². The predicted molar refractivity (Wildman–Crippen MR) is 120 cm³/mol. The van der Waals surface area contributed by atoms with Crippen molar-refractivity contribution in [1.29, 1.82) is 0 Å². The molecule has 0 radical (unpaired) electrons. The van der Waals surface area contributed by atoms with Gasteiger partial charge in [-0.05, 0) is 46.8 Å². The lowest BCUT2D eigenvalue weighted by atomic mass is 10.1. The number of amides is 1. The summed E-state index contributed by atoms with van der Waals surface area (Å²) < 4.78 is 17.2. The van der Waals surface area contributed by atoms with Crippen LogP contribution < -0.4 is 19.1 Å². The van der Waals surface area contributed by atoms with E-state index in [1.165, 1.54) is 0 Å². The van der Waals surface area contributed by atoms with Crippen LogP contribution in [0.2, 0.25) is 0 Å². The highest BCUT2D eigenvalue weighted by Crippen LogP contribution is 2.39. The third kappa shape index (κ3) is 5.37. The third-order valence-corrected chi connectivity index (χ3v) is 5.00. The Morgan fingerprint density at radius 2 is 1.45 bits per heavy atom. The number of hydrogen-bond acceptors (Lipinski definition) is 7. The Bertz CT molecular complexity index is 863. The molecule has 2 heterocycles. The molecule has 1 aliphatic heterocycles. The van der Waals surface area contributed by atoms with Gasteiger partial charge >= 0.3 is 0 Å². The highest BCUT2D eigenvalue weighted by Gasteiger charge is 2.26. The molecule has 0 N–H and O–H groups in total. The standard InChI is InChI=1S/C23H32N4O4/c1-6-29-19-14-18(15-20(30-7-2)22(19)31-8-3)23(28)27-11-9-26(10-12-27)21-13-16(4)24-17(5)25-21/h13-15H,6-12H2,1-5H3. The maximum Gasteiger partial charge on any atom is 0.254 e. The Morgan fingerprint density at radius 3 is 1.97 bits per heavy atom. The molecule has 1 fully saturated rings. The molecule has 0 saturated carbocycles. The fraction of sp³-hybridized carbons (Fsp3) is 0.522. The number of aryl methyl sites for hydroxylation is 2. The van der Waals surface area contributed by atoms with Crippen molar-refractivity contribution in [3.05, 3.63) is 35.3 Å². The van der Waals surface area contributed by atoms with Crippen molar-refractivity contribution < 1.29 is 19.0 Å². The molecular weight excluding hydrogens is 396 g/mol. The average Bonchev–Trinajstić information content (AvgIpc) is 2.75. The van der Waals surface area contributed by atoms with Crippen LogP contribution in [0, 0.1) is 13.8 Å². The monoisotopic (exact) mass is 428 g/mol. The number of anilines is 1. The zero-order valence-electron chi connectivity index (χ0n) is 19.1. The first-order valence-corrected chi connectivity index (χ1v) is 10.9. The molecule has 1 aliphatic rings. The number of carbonyl (C=O) groups is 1. The molecule has 168 valence electrons. The summed E-state index contributed by atoms with van der Waals surface area (Å²) in [5.74, 6) is 3.24. The summed E-state index contributed by atoms with van der Waals surface area (Å²) in [5.41, 5.74) is 1.49. The zero-order chi connectivity index (χ0) is 22.4. The summed E-state index contributed by atoms with van der Waals surface area (Å²) in [7, 11) is 0. The van der Waals surface area contributed by atoms with Crippen LogP contribution in [0.5, 0.6) is 17.2 Å². The second-order valence-corrected chi connectivity index (χ2v) is 7.29. The Labute approximate surface area is 184 Å². The maximum absolute atomic E-state index is 13.3. The Kier molecular flexibility index (Phi) is 7.55. The van der Waals surface area contributed by atoms with Crippen molar-refractivity contribution in [2.24, 2.45) is 0 Å². The minimum Gasteiger partial charge on any atom is -0.490 e. The summed E-state index contributed by atoms with van der Waals surface area (Å²) in [5, 5.41) is 0. The second-order valence-electron chi connectivity index (χ2n) is 7.29. The molecule has 8 heteroatoms. The lowest BCUT2D eigenvalue weighted by Crippen LogP contribution is -2.49. The van der Waals surface area contributed by atoms with E-state index < -0.39 is 0 Å². The van der Waals surface area contributed by atoms with E-state index in [2.05, 4.69) is 14.9 Å². The number of benzene rings is 1. The van der Waals surface area contributed by atoms with Gasteiger partial charge in [0, 0.05) is 43.5 Å². The molecule has 1 saturated heterocycles. The number of aromatic nitrogens is 2. The fourth-order valence-corrected chi connectivity index (χ4v) is 3.69. The molecule has 3 rings (SSSR count). The number of nitrogens with zero attached hydrogens (tertiary/aromatic N) is 4. The summed E-state index contributed by atoms with van der Waals surface area (Å²) in [6.45, 7) is 13.7. The SMILES string of the molecule is CCOc1cc(C(=O)N2CCN(c3cc(C)nc(C)n3)CC2)cc(OCC)c1OCC. The lowest BCUT2D eigenvalue weighted by Gasteiger charge is -2.35. The van der Waals surface area contributed by atoms with E-state index in [4.69, 9.17) is 14.2 Å². The lowest BCUT2D eigenvalue weighted by molar-refractivity contribution is 0.0745. The normalized spacial score (nSPS) is 13.8. The van der Waals surface area contributed by atoms with Gasteiger partial charge in [-0.2, -0.15) is 0 Å². The summed E-state index contributed by atoms with van der Waals surface area (Å²) >= 11 is 0. The van der Waals surface area contributed by atoms with E-state index in [9.17, 15) is 4.79 Å². The molecule has 0 spiro atoms. The average molecular weight is 429 g/mol. The molecule has 0 unspecified atom stereocenters. The first kappa shape index (κ1) is 22.7. The van der Waals surface area contributed by atoms with Crippen molar-refractivity contribution >= 4 is 11.7 Å². The number of carbonyl (C=O) groups excluding carboxylic acids is 1. The van der Waals surface area contributed by atoms with E-state index in [1.54, 1.807) is 12.1 Å². The van der Waals surface area contributed by atoms with E-state index in [0.29, 0.717) is 55.7 Å². The molecule has 1 amide bonds. The van der Waals surface area contributed by atoms with Crippen LogP contribution in [0.25, 0.3) is 0 Å². The van der Waals surface area contributed by atoms with Crippen LogP contribution in [0.4, 0.5) is 5.82 Å². The van der Waals surface area contributed by atoms with Gasteiger partial charge in [0.25, 0.3) is 5.91 Å². The van der Waals surface area contributed by atoms with Crippen LogP contribution in [-0.4, -0.2) is 66.8 Å². The Morgan fingerprint density at radius 1 is 0.871 bits per heavy atom. The highest BCUT2D eigenvalue weighted by molar-refractivity contribution is 5.95. The number of hydrogen-bond donors (Lipinski definition) is 0. The van der Waals surface area contributed by atoms with Crippen LogP contribution in [0.1, 0.15) is 42.6 Å². The first-order chi connectivity index (χ1) is 15.0. The van der Waals surface area contributed by atoms with Crippen LogP contribution >= 0.6 is 0 Å². The summed E-state index contributed by atoms with van der Waals surface area (Å²) in [4.78, 5) is 26.2. The molecule has 0 atom stereocenters. The highest BCUT2D eigenvalue weighted by atomic mass is 16.5. The Balaban J connectivity index is 1.78. The van der Waals surface area contributed by atoms with E-state index in [-0.39, 0.29) is 5.91 Å². The maximum atomic E-state index is 13.3. The van der Waals surface area contributed by atoms with E-state index in [1.807, 2.05) is 45.6 Å². The van der Waals surface area contributed by atoms with Crippen LogP contribution in [0.15, 0.2) is 18.2 Å².